The second-order valence-corrected chi connectivity index (χ2v) is 10.4. The van der Waals surface area contributed by atoms with Crippen LogP contribution in [0.1, 0.15) is 31.9 Å². The molecule has 0 bridgehead atoms. The summed E-state index contributed by atoms with van der Waals surface area (Å²) >= 11 is 0. The van der Waals surface area contributed by atoms with Crippen molar-refractivity contribution in [2.24, 2.45) is 0 Å². The maximum Gasteiger partial charge on any atom is 0.326 e. The van der Waals surface area contributed by atoms with Crippen molar-refractivity contribution < 1.29 is 17.9 Å². The van der Waals surface area contributed by atoms with Gasteiger partial charge in [0.2, 0.25) is 10.0 Å². The number of ether oxygens (including phenoxy) is 1. The van der Waals surface area contributed by atoms with Gasteiger partial charge in [-0.3, -0.25) is 4.79 Å². The minimum atomic E-state index is -3.57. The number of sulfonamides is 1. The quantitative estimate of drug-likeness (QED) is 0.339. The van der Waals surface area contributed by atoms with Crippen molar-refractivity contribution in [3.8, 4) is 0 Å². The van der Waals surface area contributed by atoms with Gasteiger partial charge in [-0.25, -0.2) is 22.7 Å². The molecule has 0 unspecified atom stereocenters. The summed E-state index contributed by atoms with van der Waals surface area (Å²) in [4.78, 5) is 22.1. The van der Waals surface area contributed by atoms with Gasteiger partial charge in [0, 0.05) is 27.1 Å². The monoisotopic (exact) mass is 483 g/mol. The van der Waals surface area contributed by atoms with Crippen LogP contribution < -0.4 is 0 Å². The number of fused-ring (bicyclic) bond motifs is 2. The third-order valence-corrected chi connectivity index (χ3v) is 7.53. The van der Waals surface area contributed by atoms with Gasteiger partial charge in [0.05, 0.1) is 27.0 Å². The molecular weight excluding hydrogens is 454 g/mol. The number of hydrogen-bond donors (Lipinski definition) is 0. The van der Waals surface area contributed by atoms with Gasteiger partial charge in [0.25, 0.3) is 0 Å². The Morgan fingerprint density at radius 2 is 1.68 bits per heavy atom. The van der Waals surface area contributed by atoms with Crippen molar-refractivity contribution in [3.63, 3.8) is 0 Å². The highest BCUT2D eigenvalue weighted by Gasteiger charge is 2.20. The number of rotatable bonds is 9. The molecule has 0 N–H and O–H groups in total. The second-order valence-electron chi connectivity index (χ2n) is 8.23. The van der Waals surface area contributed by atoms with Crippen LogP contribution in [0.3, 0.4) is 0 Å². The van der Waals surface area contributed by atoms with Gasteiger partial charge in [0.15, 0.2) is 0 Å². The molecule has 0 amide bonds. The molecule has 0 atom stereocenters. The lowest BCUT2D eigenvalue weighted by atomic mass is 10.3. The number of hydrogen-bond acceptors (Lipinski definition) is 6. The van der Waals surface area contributed by atoms with Crippen molar-refractivity contribution in [2.75, 3.05) is 14.1 Å². The molecule has 0 radical (unpaired) electrons. The Balaban J connectivity index is 1.58. The molecule has 2 aromatic heterocycles. The highest BCUT2D eigenvalue weighted by molar-refractivity contribution is 7.89. The number of benzene rings is 2. The van der Waals surface area contributed by atoms with Gasteiger partial charge in [-0.05, 0) is 36.8 Å². The summed E-state index contributed by atoms with van der Waals surface area (Å²) in [7, 11) is -0.586. The van der Waals surface area contributed by atoms with Gasteiger partial charge in [-0.2, -0.15) is 0 Å². The summed E-state index contributed by atoms with van der Waals surface area (Å²) in [5, 5.41) is 0. The predicted octanol–water partition coefficient (Wildman–Crippen LogP) is 3.35. The van der Waals surface area contributed by atoms with E-state index in [1.165, 1.54) is 18.4 Å². The fourth-order valence-corrected chi connectivity index (χ4v) is 4.93. The van der Waals surface area contributed by atoms with Crippen molar-refractivity contribution in [1.29, 1.82) is 0 Å². The first-order chi connectivity index (χ1) is 16.3. The van der Waals surface area contributed by atoms with Crippen molar-refractivity contribution in [1.82, 2.24) is 23.4 Å². The number of carbonyl (C=O) groups excluding carboxylic acids is 1. The fourth-order valence-electron chi connectivity index (χ4n) is 4.01. The van der Waals surface area contributed by atoms with E-state index in [1.807, 2.05) is 47.2 Å². The van der Waals surface area contributed by atoms with Crippen LogP contribution in [-0.2, 0) is 45.7 Å². The van der Waals surface area contributed by atoms with Crippen LogP contribution in [-0.4, -0.2) is 51.9 Å². The predicted molar refractivity (Wildman–Crippen MR) is 130 cm³/mol. The second kappa shape index (κ2) is 9.55. The van der Waals surface area contributed by atoms with Gasteiger partial charge in [-0.15, -0.1) is 0 Å². The van der Waals surface area contributed by atoms with Crippen molar-refractivity contribution in [3.05, 3.63) is 54.1 Å². The molecule has 0 aliphatic carbocycles. The summed E-state index contributed by atoms with van der Waals surface area (Å²) in [6.45, 7) is 4.78. The van der Waals surface area contributed by atoms with E-state index in [-0.39, 0.29) is 24.0 Å². The van der Waals surface area contributed by atoms with Crippen LogP contribution in [0.5, 0.6) is 0 Å². The van der Waals surface area contributed by atoms with Crippen LogP contribution in [0.4, 0.5) is 0 Å². The number of para-hydroxylation sites is 2. The zero-order chi connectivity index (χ0) is 24.5. The Hall–Kier alpha value is -3.24. The molecule has 0 spiro atoms. The molecule has 10 heteroatoms. The molecular formula is C24H29N5O4S. The van der Waals surface area contributed by atoms with Crippen LogP contribution in [0.25, 0.3) is 22.1 Å². The van der Waals surface area contributed by atoms with E-state index in [4.69, 9.17) is 4.74 Å². The Labute approximate surface area is 199 Å². The van der Waals surface area contributed by atoms with Crippen LogP contribution in [0, 0.1) is 0 Å². The van der Waals surface area contributed by atoms with Gasteiger partial charge in [-0.1, -0.05) is 26.0 Å². The Morgan fingerprint density at radius 1 is 0.971 bits per heavy atom. The Kier molecular flexibility index (Phi) is 6.72. The number of aryl methyl sites for hydroxylation is 2. The van der Waals surface area contributed by atoms with E-state index in [2.05, 4.69) is 9.97 Å². The van der Waals surface area contributed by atoms with E-state index in [0.717, 1.165) is 28.8 Å². The first kappa shape index (κ1) is 23.9. The maximum atomic E-state index is 12.7. The Bertz CT molecular complexity index is 1450. The topological polar surface area (TPSA) is 99.3 Å². The van der Waals surface area contributed by atoms with Crippen molar-refractivity contribution >= 4 is 38.1 Å². The fraction of sp³-hybridized carbons (Fsp3) is 0.375. The number of nitrogens with zero attached hydrogens (tertiary/aromatic N) is 5. The third kappa shape index (κ3) is 4.43. The molecule has 0 aliphatic heterocycles. The minimum Gasteiger partial charge on any atom is -0.456 e. The first-order valence-corrected chi connectivity index (χ1v) is 12.7. The van der Waals surface area contributed by atoms with Crippen LogP contribution in [0.2, 0.25) is 0 Å². The average molecular weight is 484 g/mol. The van der Waals surface area contributed by atoms with E-state index in [9.17, 15) is 13.2 Å². The van der Waals surface area contributed by atoms with Crippen LogP contribution >= 0.6 is 0 Å². The number of esters is 1. The normalized spacial score (nSPS) is 12.1. The van der Waals surface area contributed by atoms with Gasteiger partial charge >= 0.3 is 5.97 Å². The molecule has 9 nitrogen and oxygen atoms in total. The number of aromatic nitrogens is 4. The smallest absolute Gasteiger partial charge is 0.326 e. The zero-order valence-electron chi connectivity index (χ0n) is 19.9. The third-order valence-electron chi connectivity index (χ3n) is 5.72. The van der Waals surface area contributed by atoms with E-state index in [1.54, 1.807) is 18.2 Å². The maximum absolute atomic E-state index is 12.7. The van der Waals surface area contributed by atoms with Gasteiger partial charge in [0.1, 0.15) is 24.8 Å². The first-order valence-electron chi connectivity index (χ1n) is 11.3. The number of imidazole rings is 2. The summed E-state index contributed by atoms with van der Waals surface area (Å²) in [5.41, 5.74) is 3.10. The Morgan fingerprint density at radius 3 is 2.38 bits per heavy atom. The molecule has 0 saturated heterocycles. The SMILES string of the molecule is CCCn1c(COC(=O)Cn2c(CC)nc3ccccc32)nc2cc(S(=O)(=O)N(C)C)ccc21. The summed E-state index contributed by atoms with van der Waals surface area (Å²) in [6.07, 6.45) is 1.55. The number of carbonyl (C=O) groups is 1. The summed E-state index contributed by atoms with van der Waals surface area (Å²) in [5.74, 6) is 1.02. The van der Waals surface area contributed by atoms with E-state index in [0.29, 0.717) is 24.3 Å². The highest BCUT2D eigenvalue weighted by Crippen LogP contribution is 2.23. The largest absolute Gasteiger partial charge is 0.456 e. The molecule has 180 valence electrons. The highest BCUT2D eigenvalue weighted by atomic mass is 32.2. The zero-order valence-corrected chi connectivity index (χ0v) is 20.7. The minimum absolute atomic E-state index is 0.00261. The van der Waals surface area contributed by atoms with E-state index < -0.39 is 10.0 Å². The molecule has 2 aromatic carbocycles. The molecule has 0 saturated carbocycles. The van der Waals surface area contributed by atoms with Crippen molar-refractivity contribution in [2.45, 2.75) is 51.3 Å². The van der Waals surface area contributed by atoms with E-state index >= 15 is 0 Å². The summed E-state index contributed by atoms with van der Waals surface area (Å²) in [6, 6.07) is 12.6. The molecule has 34 heavy (non-hydrogen) atoms. The average Bonchev–Trinajstić information content (AvgIpc) is 3.35. The summed E-state index contributed by atoms with van der Waals surface area (Å²) < 4.78 is 35.7. The molecule has 0 aliphatic rings. The molecule has 4 rings (SSSR count). The van der Waals surface area contributed by atoms with Crippen LogP contribution in [0.15, 0.2) is 47.4 Å². The lowest BCUT2D eigenvalue weighted by molar-refractivity contribution is -0.145. The van der Waals surface area contributed by atoms with Gasteiger partial charge < -0.3 is 13.9 Å². The molecule has 0 fully saturated rings. The molecule has 4 aromatic rings. The molecule has 2 heterocycles. The lowest BCUT2D eigenvalue weighted by Gasteiger charge is -2.12. The standard InChI is InChI=1S/C24H29N5O4S/c1-5-13-28-21-12-11-17(34(31,32)27(3)4)14-19(21)26-23(28)16-33-24(30)15-29-20-10-8-7-9-18(20)25-22(29)6-2/h7-12,14H,5-6,13,15-16H2,1-4H3. The lowest BCUT2D eigenvalue weighted by Crippen LogP contribution is -2.22.